The first-order valence-corrected chi connectivity index (χ1v) is 20.3. The largest absolute Gasteiger partial charge is 0.393 e. The first-order valence-electron chi connectivity index (χ1n) is 19.5. The number of hydrogen-bond acceptors (Lipinski definition) is 8. The predicted molar refractivity (Wildman–Crippen MR) is 199 cm³/mol. The van der Waals surface area contributed by atoms with E-state index in [1.807, 2.05) is 42.5 Å². The van der Waals surface area contributed by atoms with E-state index in [4.69, 9.17) is 9.47 Å². The number of hydrogen-bond donors (Lipinski definition) is 3. The molecule has 1 aliphatic heterocycles. The number of aryl methyl sites for hydroxylation is 1. The summed E-state index contributed by atoms with van der Waals surface area (Å²) in [5.41, 5.74) is -0.337. The lowest BCUT2D eigenvalue weighted by molar-refractivity contribution is -0.177. The second-order valence-electron chi connectivity index (χ2n) is 17.5. The van der Waals surface area contributed by atoms with E-state index in [1.54, 1.807) is 11.3 Å². The minimum Gasteiger partial charge on any atom is -0.393 e. The van der Waals surface area contributed by atoms with Gasteiger partial charge in [0.2, 0.25) is 0 Å². The molecule has 2 aromatic rings. The van der Waals surface area contributed by atoms with Crippen LogP contribution in [-0.2, 0) is 16.1 Å². The van der Waals surface area contributed by atoms with E-state index < -0.39 is 22.5 Å². The lowest BCUT2D eigenvalue weighted by Gasteiger charge is -2.71. The number of rotatable bonds is 12. The second kappa shape index (κ2) is 13.3. The topological polar surface area (TPSA) is 99.5 Å². The monoisotopic (exact) mass is 715 g/mol. The van der Waals surface area contributed by atoms with Crippen molar-refractivity contribution >= 4 is 17.1 Å². The number of allylic oxidation sites excluding steroid dienone is 4. The van der Waals surface area contributed by atoms with E-state index in [2.05, 4.69) is 43.9 Å². The molecule has 276 valence electrons. The summed E-state index contributed by atoms with van der Waals surface area (Å²) in [5.74, 6) is 0.480. The Bertz CT molecular complexity index is 1670. The molecule has 1 aromatic carbocycles. The Hall–Kier alpha value is -2.17. The Morgan fingerprint density at radius 1 is 1.02 bits per heavy atom. The summed E-state index contributed by atoms with van der Waals surface area (Å²) in [5, 5.41) is 35.3. The Balaban J connectivity index is 1.09. The fraction of sp³-hybridized carbons (Fsp3) is 0.651. The van der Waals surface area contributed by atoms with Crippen molar-refractivity contribution in [2.24, 2.45) is 33.5 Å². The van der Waals surface area contributed by atoms with Gasteiger partial charge in [0.25, 0.3) is 0 Å². The van der Waals surface area contributed by atoms with E-state index in [9.17, 15) is 20.1 Å². The van der Waals surface area contributed by atoms with Gasteiger partial charge in [-0.15, -0.1) is 11.3 Å². The van der Waals surface area contributed by atoms with E-state index in [1.165, 1.54) is 0 Å². The van der Waals surface area contributed by atoms with Crippen molar-refractivity contribution in [2.45, 2.75) is 109 Å². The molecule has 7 aliphatic rings. The van der Waals surface area contributed by atoms with Gasteiger partial charge < -0.3 is 24.8 Å². The SMILES string of the molecule is Cc1ccc(C(=O)C2=CC34C=CC25C(CCC2(C)C5CCC2(O)CN(CC(O)COCc2ccccc2)CC2CCCO2)C3(C)CCC(O)C4)s1. The van der Waals surface area contributed by atoms with Crippen LogP contribution in [-0.4, -0.2) is 82.8 Å². The highest BCUT2D eigenvalue weighted by Gasteiger charge is 2.74. The fourth-order valence-electron chi connectivity index (χ4n) is 12.2. The van der Waals surface area contributed by atoms with Gasteiger partial charge in [0.05, 0.1) is 42.0 Å². The number of aliphatic hydroxyl groups is 3. The van der Waals surface area contributed by atoms with Gasteiger partial charge in [-0.3, -0.25) is 9.69 Å². The van der Waals surface area contributed by atoms with Crippen molar-refractivity contribution in [3.63, 3.8) is 0 Å². The average molecular weight is 716 g/mol. The first kappa shape index (κ1) is 35.8. The molecule has 4 fully saturated rings. The fourth-order valence-corrected chi connectivity index (χ4v) is 13.0. The first-order chi connectivity index (χ1) is 24.4. The van der Waals surface area contributed by atoms with Crippen LogP contribution in [0.4, 0.5) is 0 Å². The normalized spacial score (nSPS) is 40.2. The quantitative estimate of drug-likeness (QED) is 0.163. The number of ketones is 1. The number of carbonyl (C=O) groups excluding carboxylic acids is 1. The maximum atomic E-state index is 14.8. The molecule has 10 atom stereocenters. The van der Waals surface area contributed by atoms with Gasteiger partial charge in [-0.2, -0.15) is 0 Å². The Labute approximate surface area is 307 Å². The molecule has 8 heteroatoms. The summed E-state index contributed by atoms with van der Waals surface area (Å²) < 4.78 is 12.0. The van der Waals surface area contributed by atoms with Crippen LogP contribution in [0.2, 0.25) is 0 Å². The smallest absolute Gasteiger partial charge is 0.199 e. The molecule has 3 saturated carbocycles. The van der Waals surface area contributed by atoms with Crippen LogP contribution in [0.5, 0.6) is 0 Å². The van der Waals surface area contributed by atoms with Crippen molar-refractivity contribution in [1.82, 2.24) is 4.90 Å². The summed E-state index contributed by atoms with van der Waals surface area (Å²) in [7, 11) is 0. The number of nitrogens with zero attached hydrogens (tertiary/aromatic N) is 1. The molecule has 7 nitrogen and oxygen atoms in total. The summed E-state index contributed by atoms with van der Waals surface area (Å²) >= 11 is 1.57. The number of benzene rings is 1. The number of aliphatic hydroxyl groups excluding tert-OH is 2. The molecule has 2 bridgehead atoms. The van der Waals surface area contributed by atoms with Gasteiger partial charge in [0.15, 0.2) is 5.78 Å². The zero-order valence-electron chi connectivity index (χ0n) is 30.7. The zero-order valence-corrected chi connectivity index (χ0v) is 31.5. The van der Waals surface area contributed by atoms with Crippen molar-refractivity contribution in [3.05, 3.63) is 81.6 Å². The van der Waals surface area contributed by atoms with Crippen LogP contribution in [0.1, 0.15) is 91.7 Å². The third-order valence-electron chi connectivity index (χ3n) is 14.8. The number of Topliss-reactive ketones (excluding diaryl/α,β-unsaturated/α-hetero) is 1. The van der Waals surface area contributed by atoms with Crippen molar-refractivity contribution in [2.75, 3.05) is 32.8 Å². The van der Waals surface area contributed by atoms with E-state index in [0.717, 1.165) is 72.4 Å². The number of fused-ring (bicyclic) bond motifs is 1. The molecular formula is C43H57NO6S. The summed E-state index contributed by atoms with van der Waals surface area (Å²) in [6.07, 6.45) is 13.8. The molecule has 2 heterocycles. The predicted octanol–water partition coefficient (Wildman–Crippen LogP) is 6.89. The summed E-state index contributed by atoms with van der Waals surface area (Å²) in [6, 6.07) is 14.0. The molecule has 6 aliphatic carbocycles. The third kappa shape index (κ3) is 5.78. The average Bonchev–Trinajstić information content (AvgIpc) is 3.84. The van der Waals surface area contributed by atoms with Gasteiger partial charge in [0.1, 0.15) is 0 Å². The number of carbonyl (C=O) groups is 1. The minimum absolute atomic E-state index is 0.0616. The standard InChI is InChI=1S/C43H57NO6S/c1-29-11-12-35(51-29)38(47)34-23-41-19-20-43(34)36(39(41,2)16-13-31(45)22-41)14-17-40(3)37(43)15-18-42(40,48)28-44(25-33-10-7-21-50-33)24-32(46)27-49-26-30-8-5-4-6-9-30/h4-6,8-9,11-12,19-20,23,31-33,36-37,45-46,48H,7,10,13-18,21-22,24-28H2,1-3H3. The minimum atomic E-state index is -1.00. The zero-order chi connectivity index (χ0) is 35.6. The lowest BCUT2D eigenvalue weighted by Crippen LogP contribution is -2.67. The molecule has 1 aromatic heterocycles. The van der Waals surface area contributed by atoms with Crippen molar-refractivity contribution < 1.29 is 29.6 Å². The van der Waals surface area contributed by atoms with Gasteiger partial charge in [-0.05, 0) is 99.7 Å². The maximum absolute atomic E-state index is 14.8. The molecule has 3 N–H and O–H groups in total. The Morgan fingerprint density at radius 3 is 2.53 bits per heavy atom. The van der Waals surface area contributed by atoms with E-state index in [-0.39, 0.29) is 47.3 Å². The molecule has 10 unspecified atom stereocenters. The molecule has 0 radical (unpaired) electrons. The maximum Gasteiger partial charge on any atom is 0.199 e. The highest BCUT2D eigenvalue weighted by Crippen LogP contribution is 2.78. The van der Waals surface area contributed by atoms with Crippen LogP contribution in [0.15, 0.2) is 66.3 Å². The molecule has 9 rings (SSSR count). The molecular weight excluding hydrogens is 659 g/mol. The van der Waals surface area contributed by atoms with Gasteiger partial charge in [-0.25, -0.2) is 0 Å². The Morgan fingerprint density at radius 2 is 1.78 bits per heavy atom. The van der Waals surface area contributed by atoms with Crippen LogP contribution < -0.4 is 0 Å². The highest BCUT2D eigenvalue weighted by atomic mass is 32.1. The molecule has 2 spiro atoms. The van der Waals surface area contributed by atoms with Gasteiger partial charge in [-0.1, -0.05) is 62.4 Å². The Kier molecular flexibility index (Phi) is 9.34. The highest BCUT2D eigenvalue weighted by molar-refractivity contribution is 7.14. The van der Waals surface area contributed by atoms with E-state index >= 15 is 0 Å². The lowest BCUT2D eigenvalue weighted by atomic mass is 9.32. The van der Waals surface area contributed by atoms with Gasteiger partial charge in [0, 0.05) is 52.9 Å². The van der Waals surface area contributed by atoms with Gasteiger partial charge >= 0.3 is 0 Å². The third-order valence-corrected chi connectivity index (χ3v) is 15.8. The molecule has 51 heavy (non-hydrogen) atoms. The summed E-state index contributed by atoms with van der Waals surface area (Å²) in [6.45, 7) is 9.72. The number of thiophene rings is 1. The number of ether oxygens (including phenoxy) is 2. The van der Waals surface area contributed by atoms with Crippen LogP contribution in [0, 0.1) is 40.4 Å². The van der Waals surface area contributed by atoms with Crippen LogP contribution in [0.25, 0.3) is 0 Å². The molecule has 1 saturated heterocycles. The summed E-state index contributed by atoms with van der Waals surface area (Å²) in [4.78, 5) is 18.9. The van der Waals surface area contributed by atoms with Crippen molar-refractivity contribution in [1.29, 1.82) is 0 Å². The van der Waals surface area contributed by atoms with E-state index in [0.29, 0.717) is 39.1 Å². The molecule has 0 amide bonds. The second-order valence-corrected chi connectivity index (χ2v) is 18.8. The van der Waals surface area contributed by atoms with Crippen LogP contribution in [0.3, 0.4) is 0 Å². The van der Waals surface area contributed by atoms with Crippen LogP contribution >= 0.6 is 11.3 Å². The van der Waals surface area contributed by atoms with Crippen molar-refractivity contribution in [3.8, 4) is 0 Å².